The van der Waals surface area contributed by atoms with Gasteiger partial charge in [-0.3, -0.25) is 52.7 Å². The number of aliphatic hydroxyl groups is 5. The monoisotopic (exact) mass is 1900 g/mol. The molecular weight excluding hydrogens is 1720 g/mol. The van der Waals surface area contributed by atoms with Crippen LogP contribution in [0.3, 0.4) is 0 Å². The molecule has 1 aliphatic carbocycles. The second-order valence-electron chi connectivity index (χ2n) is 42.6. The smallest absolute Gasteiger partial charge is 0.408 e. The molecule has 28 nitrogen and oxygen atoms in total. The molecule has 0 aromatic heterocycles. The zero-order valence-corrected chi connectivity index (χ0v) is 85.3. The van der Waals surface area contributed by atoms with Crippen molar-refractivity contribution in [2.24, 2.45) is 79.0 Å². The van der Waals surface area contributed by atoms with E-state index in [-0.39, 0.29) is 134 Å². The summed E-state index contributed by atoms with van der Waals surface area (Å²) in [6.07, 6.45) is -0.237. The quantitative estimate of drug-likeness (QED) is 0.0173. The molecule has 4 aromatic carbocycles. The Morgan fingerprint density at radius 2 is 0.733 bits per heavy atom. The summed E-state index contributed by atoms with van der Waals surface area (Å²) in [6, 6.07) is 33.0. The SMILES string of the molecule is C.C.CC(C)(C)C(=O)OCc1ccccc1.CC(C)C(N)C(=O)C(C)(C)C.CC(O)C(C)C(=O)C(C)(C)C.CC(O)C(CC(=O)OCc1ccccc1)C(=O)C(C)(C)C.CC(O)C(N)C(=O)N1CCCC1C(=O)C(C)(C)C.CC(O)C(NC(=O)OCc1ccccc1)C(=O)C1CCCC1C(=O)C(C)(C)C.CCCC(O)C(NC(=O)OCc1ccccc1)C(=O)N1CCCC1C(=O)C(C)(C)C. The highest BCUT2D eigenvalue weighted by molar-refractivity contribution is 5.98. The molecule has 0 spiro atoms. The van der Waals surface area contributed by atoms with Crippen LogP contribution in [0.4, 0.5) is 9.59 Å². The summed E-state index contributed by atoms with van der Waals surface area (Å²) in [5.74, 6) is -3.06. The van der Waals surface area contributed by atoms with Crippen molar-refractivity contribution in [2.45, 2.75) is 373 Å². The largest absolute Gasteiger partial charge is 0.461 e. The van der Waals surface area contributed by atoms with E-state index in [1.54, 1.807) is 34.6 Å². The Kier molecular flexibility index (Phi) is 55.9. The average molecular weight is 1900 g/mol. The minimum Gasteiger partial charge on any atom is -0.461 e. The first kappa shape index (κ1) is 128. The zero-order chi connectivity index (χ0) is 102. The lowest BCUT2D eigenvalue weighted by Gasteiger charge is -2.33. The third-order valence-corrected chi connectivity index (χ3v) is 22.7. The molecule has 11 N–H and O–H groups in total. The number of ether oxygens (including phenoxy) is 4. The van der Waals surface area contributed by atoms with Gasteiger partial charge >= 0.3 is 24.1 Å². The van der Waals surface area contributed by atoms with Crippen molar-refractivity contribution in [1.29, 1.82) is 0 Å². The van der Waals surface area contributed by atoms with E-state index >= 15 is 0 Å². The number of nitrogens with two attached hydrogens (primary N) is 2. The van der Waals surface area contributed by atoms with E-state index in [9.17, 15) is 82.8 Å². The Balaban J connectivity index is 0. The van der Waals surface area contributed by atoms with E-state index in [0.29, 0.717) is 64.6 Å². The van der Waals surface area contributed by atoms with Gasteiger partial charge in [0.05, 0.1) is 66.4 Å². The summed E-state index contributed by atoms with van der Waals surface area (Å²) < 4.78 is 20.7. The highest BCUT2D eigenvalue weighted by Gasteiger charge is 2.47. The molecule has 3 fully saturated rings. The van der Waals surface area contributed by atoms with Crippen molar-refractivity contribution in [2.75, 3.05) is 13.1 Å². The highest BCUT2D eigenvalue weighted by Crippen LogP contribution is 2.39. The van der Waals surface area contributed by atoms with Crippen LogP contribution < -0.4 is 22.1 Å². The molecule has 15 unspecified atom stereocenters. The number of aliphatic hydroxyl groups excluding tert-OH is 5. The molecule has 15 atom stereocenters. The number of rotatable bonds is 30. The van der Waals surface area contributed by atoms with Crippen LogP contribution >= 0.6 is 0 Å². The molecule has 0 radical (unpaired) electrons. The zero-order valence-electron chi connectivity index (χ0n) is 85.3. The molecule has 2 saturated heterocycles. The topological polar surface area (TPSA) is 443 Å². The third-order valence-electron chi connectivity index (χ3n) is 22.7. The molecule has 135 heavy (non-hydrogen) atoms. The summed E-state index contributed by atoms with van der Waals surface area (Å²) in [6.45, 7) is 54.1. The van der Waals surface area contributed by atoms with Crippen LogP contribution in [-0.2, 0) is 98.1 Å². The maximum absolute atomic E-state index is 13.3. The molecule has 1 saturated carbocycles. The Bertz CT molecular complexity index is 4220. The van der Waals surface area contributed by atoms with Crippen molar-refractivity contribution in [3.63, 3.8) is 0 Å². The Morgan fingerprint density at radius 3 is 1.04 bits per heavy atom. The first-order chi connectivity index (χ1) is 61.2. The number of hydrogen-bond acceptors (Lipinski definition) is 24. The van der Waals surface area contributed by atoms with Crippen molar-refractivity contribution < 1.29 is 107 Å². The number of nitrogens with one attached hydrogen (secondary N) is 2. The van der Waals surface area contributed by atoms with Crippen LogP contribution in [0.25, 0.3) is 0 Å². The van der Waals surface area contributed by atoms with Crippen LogP contribution in [0.15, 0.2) is 121 Å². The van der Waals surface area contributed by atoms with Crippen LogP contribution in [-0.4, -0.2) is 192 Å². The normalized spacial score (nSPS) is 17.8. The number of benzene rings is 4. The third kappa shape index (κ3) is 46.2. The lowest BCUT2D eigenvalue weighted by molar-refractivity contribution is -0.154. The number of amides is 4. The number of carbonyl (C=O) groups excluding carboxylic acids is 13. The number of esters is 2. The molecule has 4 amide bonds. The van der Waals surface area contributed by atoms with E-state index in [0.717, 1.165) is 35.1 Å². The first-order valence-electron chi connectivity index (χ1n) is 46.8. The van der Waals surface area contributed by atoms with Crippen molar-refractivity contribution in [3.8, 4) is 0 Å². The van der Waals surface area contributed by atoms with Gasteiger partial charge in [-0.2, -0.15) is 0 Å². The molecule has 2 aliphatic heterocycles. The number of ketones is 7. The van der Waals surface area contributed by atoms with Crippen molar-refractivity contribution in [3.05, 3.63) is 144 Å². The Labute approximate surface area is 808 Å². The van der Waals surface area contributed by atoms with E-state index in [1.165, 1.54) is 30.6 Å². The molecule has 3 aliphatic rings. The fourth-order valence-electron chi connectivity index (χ4n) is 14.2. The second-order valence-corrected chi connectivity index (χ2v) is 42.6. The molecule has 4 aromatic rings. The van der Waals surface area contributed by atoms with Crippen molar-refractivity contribution >= 4 is 76.4 Å². The van der Waals surface area contributed by atoms with Gasteiger partial charge in [0, 0.05) is 63.3 Å². The number of nitrogens with zero attached hydrogens (tertiary/aromatic N) is 2. The molecule has 2 heterocycles. The summed E-state index contributed by atoms with van der Waals surface area (Å²) in [7, 11) is 0. The van der Waals surface area contributed by atoms with Gasteiger partial charge in [-0.25, -0.2) is 9.59 Å². The van der Waals surface area contributed by atoms with E-state index in [4.69, 9.17) is 35.5 Å². The predicted octanol–water partition coefficient (Wildman–Crippen LogP) is 16.6. The van der Waals surface area contributed by atoms with Gasteiger partial charge in [0.1, 0.15) is 61.9 Å². The van der Waals surface area contributed by atoms with Gasteiger partial charge in [0.15, 0.2) is 23.1 Å². The highest BCUT2D eigenvalue weighted by atomic mass is 16.6. The minimum absolute atomic E-state index is 0. The van der Waals surface area contributed by atoms with Gasteiger partial charge in [-0.05, 0) is 122 Å². The molecule has 764 valence electrons. The summed E-state index contributed by atoms with van der Waals surface area (Å²) in [5.41, 5.74) is 11.7. The number of likely N-dealkylation sites (tertiary alicyclic amines) is 2. The van der Waals surface area contributed by atoms with Crippen LogP contribution in [0.5, 0.6) is 0 Å². The van der Waals surface area contributed by atoms with E-state index < -0.39 is 118 Å². The summed E-state index contributed by atoms with van der Waals surface area (Å²) >= 11 is 0. The predicted molar refractivity (Wildman–Crippen MR) is 530 cm³/mol. The van der Waals surface area contributed by atoms with Crippen LogP contribution in [0.1, 0.15) is 302 Å². The average Bonchev–Trinajstić information content (AvgIpc) is 1.69. The number of alkyl carbamates (subject to hydrolysis) is 2. The van der Waals surface area contributed by atoms with Gasteiger partial charge in [0.2, 0.25) is 11.8 Å². The van der Waals surface area contributed by atoms with Gasteiger partial charge in [-0.15, -0.1) is 0 Å². The van der Waals surface area contributed by atoms with Gasteiger partial charge in [0.25, 0.3) is 0 Å². The summed E-state index contributed by atoms with van der Waals surface area (Å²) in [4.78, 5) is 162. The van der Waals surface area contributed by atoms with Gasteiger partial charge in [-0.1, -0.05) is 301 Å². The Hall–Kier alpha value is -9.29. The molecule has 7 rings (SSSR count). The Morgan fingerprint density at radius 1 is 0.385 bits per heavy atom. The van der Waals surface area contributed by atoms with Crippen LogP contribution in [0, 0.1) is 67.5 Å². The molecule has 28 heteroatoms. The number of Topliss-reactive ketones (excluding diaryl/α,β-unsaturated/α-hetero) is 7. The fraction of sp³-hybridized carbons (Fsp3) is 0.654. The lowest BCUT2D eigenvalue weighted by Crippen LogP contribution is -2.57. The number of carbonyl (C=O) groups is 13. The second kappa shape index (κ2) is 59.1. The van der Waals surface area contributed by atoms with Crippen LogP contribution in [0.2, 0.25) is 0 Å². The van der Waals surface area contributed by atoms with E-state index in [1.807, 2.05) is 267 Å². The molecular formula is C107H174N6O22. The maximum Gasteiger partial charge on any atom is 0.408 e. The minimum atomic E-state index is -1.15. The van der Waals surface area contributed by atoms with E-state index in [2.05, 4.69) is 10.6 Å². The maximum atomic E-state index is 13.3. The summed E-state index contributed by atoms with van der Waals surface area (Å²) in [5, 5.41) is 53.9. The van der Waals surface area contributed by atoms with Crippen molar-refractivity contribution in [1.82, 2.24) is 20.4 Å². The standard InChI is InChI=1S/C23H34N2O5.C22H31NO5.C17H24O4.C13H24N2O3.C12H16O2.C9H19NO.C9H18O2.2CH4/c1-5-10-18(26)19(24-22(29)30-15-16-11-7-6-8-12-16)21(28)25-14-9-13-17(25)20(27)23(2,3)4;1-14(24)18(23-21(27)28-13-15-9-6-5-7-10-15)19(25)16-11-8-12-17(16)20(26)22(2,3)4;1-12(18)14(16(20)17(2,3)4)10-15(19)21-11-13-8-6-5-7-9-13;1-8(16)10(14)12(18)15-7-5-6-9(15)11(17)13(2,3)4;1-12(2,3)11(13)14-9-10-7-5-4-6-8-10;1-6(2)7(10)8(11)9(3,4)5;1-6(7(2)10)8(11)9(3,4)5;;/h6-8,11-12,17-19,26H,5,9-10,13-15H2,1-4H3,(H,24,29);5-7,9-10,14,16-18,24H,8,11-13H2,1-4H3,(H,23,27);5-9,12,14,18H,10-11H2,1-4H3;8-10,16H,5-7,14H2,1-4H3;4-8H,9H2,1-3H3;6-7H,10H2,1-5H3;6-7,10H,1-5H3;2*1H4. The molecule has 0 bridgehead atoms. The first-order valence-corrected chi connectivity index (χ1v) is 46.8. The number of hydrogen-bond donors (Lipinski definition) is 9. The van der Waals surface area contributed by atoms with Gasteiger partial charge < -0.3 is 76.4 Å². The lowest BCUT2D eigenvalue weighted by atomic mass is 9.76. The fourth-order valence-corrected chi connectivity index (χ4v) is 14.2.